The molecule has 0 aliphatic heterocycles. The quantitative estimate of drug-likeness (QED) is 0.920. The lowest BCUT2D eigenvalue weighted by Crippen LogP contribution is -2.35. The highest BCUT2D eigenvalue weighted by molar-refractivity contribution is 7.13. The summed E-state index contributed by atoms with van der Waals surface area (Å²) in [6.45, 7) is 2.08. The SMILES string of the molecule is CC(NC(=O)Cc1csc(-c2cccnc2)n1)C1CC1. The average Bonchev–Trinajstić information content (AvgIpc) is 3.21. The van der Waals surface area contributed by atoms with Crippen molar-refractivity contribution >= 4 is 17.2 Å². The Balaban J connectivity index is 1.61. The van der Waals surface area contributed by atoms with Crippen molar-refractivity contribution in [3.05, 3.63) is 35.6 Å². The summed E-state index contributed by atoms with van der Waals surface area (Å²) in [5.74, 6) is 0.743. The van der Waals surface area contributed by atoms with Gasteiger partial charge in [0, 0.05) is 29.4 Å². The van der Waals surface area contributed by atoms with Gasteiger partial charge in [-0.3, -0.25) is 9.78 Å². The molecule has 20 heavy (non-hydrogen) atoms. The van der Waals surface area contributed by atoms with Gasteiger partial charge in [0.1, 0.15) is 5.01 Å². The molecule has 1 saturated carbocycles. The first-order valence-electron chi connectivity index (χ1n) is 6.86. The van der Waals surface area contributed by atoms with Crippen molar-refractivity contribution in [3.63, 3.8) is 0 Å². The van der Waals surface area contributed by atoms with E-state index in [0.29, 0.717) is 18.4 Å². The number of hydrogen-bond acceptors (Lipinski definition) is 4. The molecule has 0 radical (unpaired) electrons. The number of amides is 1. The van der Waals surface area contributed by atoms with Crippen molar-refractivity contribution in [3.8, 4) is 10.6 Å². The Bertz CT molecular complexity index is 592. The minimum atomic E-state index is 0.0624. The van der Waals surface area contributed by atoms with E-state index in [4.69, 9.17) is 0 Å². The molecule has 1 N–H and O–H groups in total. The third kappa shape index (κ3) is 3.22. The molecular formula is C15H17N3OS. The van der Waals surface area contributed by atoms with Gasteiger partial charge >= 0.3 is 0 Å². The number of aromatic nitrogens is 2. The standard InChI is InChI=1S/C15H17N3OS/c1-10(11-4-5-11)17-14(19)7-13-9-20-15(18-13)12-3-2-6-16-8-12/h2-3,6,8-11H,4-5,7H2,1H3,(H,17,19). The van der Waals surface area contributed by atoms with Crippen LogP contribution in [0, 0.1) is 5.92 Å². The fourth-order valence-electron chi connectivity index (χ4n) is 2.19. The van der Waals surface area contributed by atoms with Crippen LogP contribution in [-0.4, -0.2) is 21.9 Å². The molecule has 4 nitrogen and oxygen atoms in total. The van der Waals surface area contributed by atoms with Gasteiger partial charge in [0.05, 0.1) is 12.1 Å². The first kappa shape index (κ1) is 13.2. The van der Waals surface area contributed by atoms with Crippen LogP contribution >= 0.6 is 11.3 Å². The molecule has 3 rings (SSSR count). The molecule has 1 atom stereocenters. The maximum Gasteiger partial charge on any atom is 0.226 e. The maximum atomic E-state index is 11.9. The number of nitrogens with one attached hydrogen (secondary N) is 1. The van der Waals surface area contributed by atoms with E-state index in [2.05, 4.69) is 22.2 Å². The highest BCUT2D eigenvalue weighted by Crippen LogP contribution is 2.32. The molecule has 1 amide bonds. The molecular weight excluding hydrogens is 270 g/mol. The van der Waals surface area contributed by atoms with Crippen LogP contribution < -0.4 is 5.32 Å². The van der Waals surface area contributed by atoms with Crippen LogP contribution in [0.2, 0.25) is 0 Å². The van der Waals surface area contributed by atoms with Crippen LogP contribution in [0.4, 0.5) is 0 Å². The lowest BCUT2D eigenvalue weighted by Gasteiger charge is -2.11. The van der Waals surface area contributed by atoms with Crippen molar-refractivity contribution in [2.24, 2.45) is 5.92 Å². The molecule has 1 fully saturated rings. The third-order valence-corrected chi connectivity index (χ3v) is 4.46. The molecule has 1 unspecified atom stereocenters. The smallest absolute Gasteiger partial charge is 0.226 e. The Morgan fingerprint density at radius 2 is 2.40 bits per heavy atom. The summed E-state index contributed by atoms with van der Waals surface area (Å²) in [5, 5.41) is 5.91. The Morgan fingerprint density at radius 3 is 3.10 bits per heavy atom. The minimum Gasteiger partial charge on any atom is -0.353 e. The van der Waals surface area contributed by atoms with Crippen molar-refractivity contribution in [1.29, 1.82) is 0 Å². The fourth-order valence-corrected chi connectivity index (χ4v) is 3.00. The van der Waals surface area contributed by atoms with E-state index in [-0.39, 0.29) is 5.91 Å². The second kappa shape index (κ2) is 5.71. The zero-order valence-corrected chi connectivity index (χ0v) is 12.2. The predicted octanol–water partition coefficient (Wildman–Crippen LogP) is 2.66. The topological polar surface area (TPSA) is 54.9 Å². The average molecular weight is 287 g/mol. The van der Waals surface area contributed by atoms with Gasteiger partial charge in [0.15, 0.2) is 0 Å². The van der Waals surface area contributed by atoms with Gasteiger partial charge in [0.2, 0.25) is 5.91 Å². The maximum absolute atomic E-state index is 11.9. The molecule has 2 aromatic rings. The lowest BCUT2D eigenvalue weighted by molar-refractivity contribution is -0.121. The van der Waals surface area contributed by atoms with Crippen molar-refractivity contribution < 1.29 is 4.79 Å². The van der Waals surface area contributed by atoms with E-state index < -0.39 is 0 Å². The van der Waals surface area contributed by atoms with Crippen LogP contribution in [0.5, 0.6) is 0 Å². The highest BCUT2D eigenvalue weighted by Gasteiger charge is 2.28. The molecule has 2 aromatic heterocycles. The predicted molar refractivity (Wildman–Crippen MR) is 79.4 cm³/mol. The highest BCUT2D eigenvalue weighted by atomic mass is 32.1. The van der Waals surface area contributed by atoms with Crippen LogP contribution in [0.1, 0.15) is 25.5 Å². The lowest BCUT2D eigenvalue weighted by atomic mass is 10.2. The fraction of sp³-hybridized carbons (Fsp3) is 0.400. The largest absolute Gasteiger partial charge is 0.353 e. The summed E-state index contributed by atoms with van der Waals surface area (Å²) in [6, 6.07) is 4.16. The Hall–Kier alpha value is -1.75. The number of nitrogens with zero attached hydrogens (tertiary/aromatic N) is 2. The normalized spacial score (nSPS) is 15.8. The number of carbonyl (C=O) groups excluding carboxylic acids is 1. The summed E-state index contributed by atoms with van der Waals surface area (Å²) in [5.41, 5.74) is 1.82. The van der Waals surface area contributed by atoms with E-state index in [1.54, 1.807) is 23.7 Å². The van der Waals surface area contributed by atoms with Crippen LogP contribution in [0.3, 0.4) is 0 Å². The number of carbonyl (C=O) groups is 1. The van der Waals surface area contributed by atoms with Gasteiger partial charge in [-0.05, 0) is 37.8 Å². The summed E-state index contributed by atoms with van der Waals surface area (Å²) >= 11 is 1.55. The minimum absolute atomic E-state index is 0.0624. The summed E-state index contributed by atoms with van der Waals surface area (Å²) < 4.78 is 0. The van der Waals surface area contributed by atoms with E-state index in [9.17, 15) is 4.79 Å². The van der Waals surface area contributed by atoms with Gasteiger partial charge in [-0.1, -0.05) is 0 Å². The first-order valence-corrected chi connectivity index (χ1v) is 7.74. The Morgan fingerprint density at radius 1 is 1.55 bits per heavy atom. The number of thiazole rings is 1. The number of pyridine rings is 1. The van der Waals surface area contributed by atoms with Crippen LogP contribution in [0.25, 0.3) is 10.6 Å². The second-order valence-electron chi connectivity index (χ2n) is 5.26. The van der Waals surface area contributed by atoms with Gasteiger partial charge in [0.25, 0.3) is 0 Å². The van der Waals surface area contributed by atoms with E-state index in [1.165, 1.54) is 12.8 Å². The number of hydrogen-bond donors (Lipinski definition) is 1. The van der Waals surface area contributed by atoms with Crippen LogP contribution in [0.15, 0.2) is 29.9 Å². The van der Waals surface area contributed by atoms with Crippen molar-refractivity contribution in [1.82, 2.24) is 15.3 Å². The molecule has 0 spiro atoms. The molecule has 0 saturated heterocycles. The number of rotatable bonds is 5. The molecule has 104 valence electrons. The molecule has 0 aromatic carbocycles. The third-order valence-electron chi connectivity index (χ3n) is 3.52. The summed E-state index contributed by atoms with van der Waals surface area (Å²) in [7, 11) is 0. The monoisotopic (exact) mass is 287 g/mol. The van der Waals surface area contributed by atoms with E-state index in [1.807, 2.05) is 17.5 Å². The van der Waals surface area contributed by atoms with Crippen molar-refractivity contribution in [2.45, 2.75) is 32.2 Å². The van der Waals surface area contributed by atoms with Gasteiger partial charge in [-0.2, -0.15) is 0 Å². The first-order chi connectivity index (χ1) is 9.72. The zero-order chi connectivity index (χ0) is 13.9. The van der Waals surface area contributed by atoms with Crippen LogP contribution in [-0.2, 0) is 11.2 Å². The Labute approximate surface area is 122 Å². The summed E-state index contributed by atoms with van der Waals surface area (Å²) in [6.07, 6.45) is 6.36. The van der Waals surface area contributed by atoms with Gasteiger partial charge < -0.3 is 5.32 Å². The van der Waals surface area contributed by atoms with E-state index >= 15 is 0 Å². The van der Waals surface area contributed by atoms with Gasteiger partial charge in [-0.15, -0.1) is 11.3 Å². The molecule has 2 heterocycles. The Kier molecular flexibility index (Phi) is 3.78. The molecule has 1 aliphatic carbocycles. The molecule has 0 bridgehead atoms. The van der Waals surface area contributed by atoms with Gasteiger partial charge in [-0.25, -0.2) is 4.98 Å². The molecule has 5 heteroatoms. The molecule has 1 aliphatic rings. The van der Waals surface area contributed by atoms with Crippen molar-refractivity contribution in [2.75, 3.05) is 0 Å². The second-order valence-corrected chi connectivity index (χ2v) is 6.11. The zero-order valence-electron chi connectivity index (χ0n) is 11.4. The van der Waals surface area contributed by atoms with E-state index in [0.717, 1.165) is 16.3 Å². The summed E-state index contributed by atoms with van der Waals surface area (Å²) in [4.78, 5) is 20.5.